The van der Waals surface area contributed by atoms with Crippen LogP contribution in [0.4, 0.5) is 0 Å². The summed E-state index contributed by atoms with van der Waals surface area (Å²) in [5.41, 5.74) is 5.39. The first-order valence-electron chi connectivity index (χ1n) is 8.32. The molecule has 1 heterocycles. The van der Waals surface area contributed by atoms with E-state index in [1.54, 1.807) is 0 Å². The Labute approximate surface area is 137 Å². The molecule has 1 atom stereocenters. The van der Waals surface area contributed by atoms with E-state index in [0.717, 1.165) is 35.3 Å². The highest BCUT2D eigenvalue weighted by atomic mass is 79.9. The lowest BCUT2D eigenvalue weighted by Crippen LogP contribution is -2.37. The summed E-state index contributed by atoms with van der Waals surface area (Å²) >= 11 is 3.70. The van der Waals surface area contributed by atoms with Gasteiger partial charge in [0, 0.05) is 19.5 Å². The van der Waals surface area contributed by atoms with Gasteiger partial charge in [0.2, 0.25) is 0 Å². The highest BCUT2D eigenvalue weighted by Crippen LogP contribution is 2.29. The van der Waals surface area contributed by atoms with Crippen molar-refractivity contribution in [1.82, 2.24) is 15.2 Å². The summed E-state index contributed by atoms with van der Waals surface area (Å²) in [6.45, 7) is 2.14. The molecule has 0 saturated heterocycles. The second-order valence-electron chi connectivity index (χ2n) is 6.33. The minimum atomic E-state index is 0.336. The Bertz CT molecular complexity index is 438. The monoisotopic (exact) mass is 356 g/mol. The average molecular weight is 357 g/mol. The van der Waals surface area contributed by atoms with Crippen LogP contribution in [0.1, 0.15) is 63.3 Å². The summed E-state index contributed by atoms with van der Waals surface area (Å²) in [6, 6.07) is 0.336. The standard InChI is InChI=1S/C16H29BrN4/c1-3-14-16(17)15(21(2)20-14)11-13(19-18)10-9-12-7-5-4-6-8-12/h12-13,19H,3-11,18H2,1-2H3. The topological polar surface area (TPSA) is 55.9 Å². The molecule has 0 amide bonds. The number of nitrogens with one attached hydrogen (secondary N) is 1. The van der Waals surface area contributed by atoms with Gasteiger partial charge in [0.15, 0.2) is 0 Å². The van der Waals surface area contributed by atoms with E-state index >= 15 is 0 Å². The van der Waals surface area contributed by atoms with Gasteiger partial charge in [-0.15, -0.1) is 0 Å². The van der Waals surface area contributed by atoms with Crippen LogP contribution in [0.3, 0.4) is 0 Å². The second-order valence-corrected chi connectivity index (χ2v) is 7.13. The first-order chi connectivity index (χ1) is 10.2. The van der Waals surface area contributed by atoms with Crippen LogP contribution in [-0.4, -0.2) is 15.8 Å². The quantitative estimate of drug-likeness (QED) is 0.580. The van der Waals surface area contributed by atoms with Gasteiger partial charge in [-0.25, -0.2) is 0 Å². The van der Waals surface area contributed by atoms with E-state index in [-0.39, 0.29) is 0 Å². The number of rotatable bonds is 7. The Kier molecular flexibility index (Phi) is 6.71. The summed E-state index contributed by atoms with van der Waals surface area (Å²) < 4.78 is 3.15. The number of hydrogen-bond acceptors (Lipinski definition) is 3. The molecule has 1 saturated carbocycles. The number of nitrogens with zero attached hydrogens (tertiary/aromatic N) is 2. The zero-order chi connectivity index (χ0) is 15.2. The third kappa shape index (κ3) is 4.54. The van der Waals surface area contributed by atoms with E-state index in [1.807, 2.05) is 11.7 Å². The third-order valence-corrected chi connectivity index (χ3v) is 5.74. The lowest BCUT2D eigenvalue weighted by Gasteiger charge is -2.24. The van der Waals surface area contributed by atoms with Crippen LogP contribution in [0.5, 0.6) is 0 Å². The van der Waals surface area contributed by atoms with Crippen molar-refractivity contribution in [3.63, 3.8) is 0 Å². The lowest BCUT2D eigenvalue weighted by molar-refractivity contribution is 0.312. The molecule has 1 fully saturated rings. The van der Waals surface area contributed by atoms with Gasteiger partial charge in [-0.2, -0.15) is 5.10 Å². The molecule has 1 aliphatic carbocycles. The van der Waals surface area contributed by atoms with Crippen molar-refractivity contribution in [3.05, 3.63) is 15.9 Å². The van der Waals surface area contributed by atoms with E-state index < -0.39 is 0 Å². The van der Waals surface area contributed by atoms with E-state index in [1.165, 1.54) is 44.2 Å². The average Bonchev–Trinajstić information content (AvgIpc) is 2.79. The number of hydrogen-bond donors (Lipinski definition) is 2. The second kappa shape index (κ2) is 8.30. The van der Waals surface area contributed by atoms with Gasteiger partial charge in [-0.05, 0) is 41.1 Å². The molecule has 0 spiro atoms. The van der Waals surface area contributed by atoms with Gasteiger partial charge in [0.1, 0.15) is 0 Å². The number of aromatic nitrogens is 2. The van der Waals surface area contributed by atoms with Crippen LogP contribution in [0, 0.1) is 5.92 Å². The smallest absolute Gasteiger partial charge is 0.0766 e. The number of halogens is 1. The molecule has 1 aliphatic rings. The van der Waals surface area contributed by atoms with Gasteiger partial charge < -0.3 is 0 Å². The van der Waals surface area contributed by atoms with Crippen molar-refractivity contribution in [1.29, 1.82) is 0 Å². The van der Waals surface area contributed by atoms with E-state index in [4.69, 9.17) is 5.84 Å². The number of nitrogens with two attached hydrogens (primary N) is 1. The van der Waals surface area contributed by atoms with E-state index in [9.17, 15) is 0 Å². The zero-order valence-electron chi connectivity index (χ0n) is 13.4. The Morgan fingerprint density at radius 3 is 2.67 bits per heavy atom. The molecule has 21 heavy (non-hydrogen) atoms. The third-order valence-electron chi connectivity index (χ3n) is 4.83. The molecule has 120 valence electrons. The molecular weight excluding hydrogens is 328 g/mol. The largest absolute Gasteiger partial charge is 0.271 e. The van der Waals surface area contributed by atoms with Gasteiger partial charge in [-0.3, -0.25) is 16.0 Å². The molecule has 0 aliphatic heterocycles. The molecule has 5 heteroatoms. The fraction of sp³-hybridized carbons (Fsp3) is 0.812. The molecule has 0 aromatic carbocycles. The molecular formula is C16H29BrN4. The summed E-state index contributed by atoms with van der Waals surface area (Å²) in [7, 11) is 2.02. The summed E-state index contributed by atoms with van der Waals surface area (Å²) in [6.07, 6.45) is 11.4. The number of hydrazine groups is 1. The van der Waals surface area contributed by atoms with Gasteiger partial charge >= 0.3 is 0 Å². The molecule has 2 rings (SSSR count). The predicted molar refractivity (Wildman–Crippen MR) is 90.9 cm³/mol. The Morgan fingerprint density at radius 2 is 2.10 bits per heavy atom. The first-order valence-corrected chi connectivity index (χ1v) is 9.11. The molecule has 1 unspecified atom stereocenters. The summed E-state index contributed by atoms with van der Waals surface area (Å²) in [5.74, 6) is 6.69. The van der Waals surface area contributed by atoms with E-state index in [2.05, 4.69) is 33.4 Å². The van der Waals surface area contributed by atoms with Crippen molar-refractivity contribution >= 4 is 15.9 Å². The maximum atomic E-state index is 5.78. The predicted octanol–water partition coefficient (Wildman–Crippen LogP) is 3.48. The van der Waals surface area contributed by atoms with Crippen molar-refractivity contribution < 1.29 is 0 Å². The minimum absolute atomic E-state index is 0.336. The van der Waals surface area contributed by atoms with Crippen molar-refractivity contribution in [2.75, 3.05) is 0 Å². The van der Waals surface area contributed by atoms with Crippen molar-refractivity contribution in [3.8, 4) is 0 Å². The highest BCUT2D eigenvalue weighted by molar-refractivity contribution is 9.10. The molecule has 1 aromatic heterocycles. The minimum Gasteiger partial charge on any atom is -0.271 e. The van der Waals surface area contributed by atoms with Crippen LogP contribution < -0.4 is 11.3 Å². The lowest BCUT2D eigenvalue weighted by atomic mass is 9.85. The SMILES string of the molecule is CCc1nn(C)c(CC(CCC2CCCCC2)NN)c1Br. The summed E-state index contributed by atoms with van der Waals surface area (Å²) in [5, 5.41) is 4.57. The van der Waals surface area contributed by atoms with Crippen molar-refractivity contribution in [2.24, 2.45) is 18.8 Å². The molecule has 1 aromatic rings. The highest BCUT2D eigenvalue weighted by Gasteiger charge is 2.19. The van der Waals surface area contributed by atoms with Crippen LogP contribution >= 0.6 is 15.9 Å². The number of aryl methyl sites for hydroxylation is 2. The van der Waals surface area contributed by atoms with Crippen molar-refractivity contribution in [2.45, 2.75) is 70.8 Å². The van der Waals surface area contributed by atoms with Gasteiger partial charge in [0.05, 0.1) is 15.9 Å². The van der Waals surface area contributed by atoms with Crippen LogP contribution in [0.2, 0.25) is 0 Å². The van der Waals surface area contributed by atoms with Crippen LogP contribution in [-0.2, 0) is 19.9 Å². The Hall–Kier alpha value is -0.390. The normalized spacial score (nSPS) is 18.1. The maximum Gasteiger partial charge on any atom is 0.0766 e. The van der Waals surface area contributed by atoms with Crippen LogP contribution in [0.15, 0.2) is 4.47 Å². The fourth-order valence-corrected chi connectivity index (χ4v) is 4.21. The summed E-state index contributed by atoms with van der Waals surface area (Å²) in [4.78, 5) is 0. The fourth-order valence-electron chi connectivity index (χ4n) is 3.43. The first kappa shape index (κ1) is 17.0. The molecule has 0 bridgehead atoms. The van der Waals surface area contributed by atoms with Gasteiger partial charge in [-0.1, -0.05) is 39.0 Å². The zero-order valence-corrected chi connectivity index (χ0v) is 15.0. The maximum absolute atomic E-state index is 5.78. The van der Waals surface area contributed by atoms with E-state index in [0.29, 0.717) is 6.04 Å². The van der Waals surface area contributed by atoms with Crippen LogP contribution in [0.25, 0.3) is 0 Å². The molecule has 4 nitrogen and oxygen atoms in total. The molecule has 3 N–H and O–H groups in total. The molecule has 0 radical (unpaired) electrons. The Morgan fingerprint density at radius 1 is 1.38 bits per heavy atom. The van der Waals surface area contributed by atoms with Gasteiger partial charge in [0.25, 0.3) is 0 Å². The Balaban J connectivity index is 1.91.